The molecule has 0 aliphatic heterocycles. The quantitative estimate of drug-likeness (QED) is 0.575. The SMILES string of the molecule is Cc1cnc(OCCC(C(=O)O)N(C)C(=O)[C@H](CC(C)C)N(C)C(=O)OC(C)(C)C)cn1. The summed E-state index contributed by atoms with van der Waals surface area (Å²) in [5.74, 6) is -1.28. The van der Waals surface area contributed by atoms with Crippen molar-refractivity contribution in [3.63, 3.8) is 0 Å². The second-order valence-electron chi connectivity index (χ2n) is 9.17. The van der Waals surface area contributed by atoms with Gasteiger partial charge < -0.3 is 19.5 Å². The fourth-order valence-corrected chi connectivity index (χ4v) is 2.93. The van der Waals surface area contributed by atoms with Crippen LogP contribution in [0.5, 0.6) is 5.88 Å². The third-order valence-electron chi connectivity index (χ3n) is 4.63. The van der Waals surface area contributed by atoms with Gasteiger partial charge in [0.1, 0.15) is 17.7 Å². The van der Waals surface area contributed by atoms with E-state index in [4.69, 9.17) is 9.47 Å². The third-order valence-corrected chi connectivity index (χ3v) is 4.63. The first-order valence-electron chi connectivity index (χ1n) is 10.6. The topological polar surface area (TPSA) is 122 Å². The molecule has 0 fully saturated rings. The molecule has 0 saturated heterocycles. The van der Waals surface area contributed by atoms with Crippen LogP contribution >= 0.6 is 0 Å². The smallest absolute Gasteiger partial charge is 0.410 e. The molecule has 1 aromatic rings. The van der Waals surface area contributed by atoms with Crippen molar-refractivity contribution in [2.24, 2.45) is 5.92 Å². The van der Waals surface area contributed by atoms with Crippen LogP contribution in [0.4, 0.5) is 4.79 Å². The lowest BCUT2D eigenvalue weighted by Gasteiger charge is -2.35. The van der Waals surface area contributed by atoms with Gasteiger partial charge in [-0.2, -0.15) is 0 Å². The van der Waals surface area contributed by atoms with Crippen molar-refractivity contribution in [3.8, 4) is 5.88 Å². The van der Waals surface area contributed by atoms with Gasteiger partial charge in [-0.15, -0.1) is 0 Å². The predicted molar refractivity (Wildman–Crippen MR) is 118 cm³/mol. The van der Waals surface area contributed by atoms with E-state index in [-0.39, 0.29) is 24.8 Å². The van der Waals surface area contributed by atoms with E-state index in [9.17, 15) is 19.5 Å². The van der Waals surface area contributed by atoms with Gasteiger partial charge in [0, 0.05) is 20.5 Å². The predicted octanol–water partition coefficient (Wildman–Crippen LogP) is 2.75. The Kier molecular flexibility index (Phi) is 9.86. The standard InChI is InChI=1S/C22H36N4O6/c1-14(2)11-17(26(8)21(30)32-22(4,5)6)19(27)25(7)16(20(28)29)9-10-31-18-13-23-15(3)12-24-18/h12-14,16-17H,9-11H2,1-8H3,(H,28,29)/t16?,17-/m0/s1. The number of nitrogens with zero attached hydrogens (tertiary/aromatic N) is 4. The molecular weight excluding hydrogens is 416 g/mol. The largest absolute Gasteiger partial charge is 0.480 e. The molecule has 0 aliphatic rings. The van der Waals surface area contributed by atoms with Crippen LogP contribution in [0.3, 0.4) is 0 Å². The Balaban J connectivity index is 2.92. The molecule has 0 aromatic carbocycles. The molecule has 2 atom stereocenters. The van der Waals surface area contributed by atoms with Crippen molar-refractivity contribution in [1.82, 2.24) is 19.8 Å². The Bertz CT molecular complexity index is 776. The number of likely N-dealkylation sites (N-methyl/N-ethyl adjacent to an activating group) is 2. The third kappa shape index (κ3) is 8.68. The Labute approximate surface area is 189 Å². The highest BCUT2D eigenvalue weighted by Gasteiger charge is 2.36. The maximum Gasteiger partial charge on any atom is 0.410 e. The van der Waals surface area contributed by atoms with Gasteiger partial charge in [0.05, 0.1) is 24.7 Å². The second-order valence-corrected chi connectivity index (χ2v) is 9.17. The lowest BCUT2D eigenvalue weighted by Crippen LogP contribution is -2.54. The van der Waals surface area contributed by atoms with Crippen LogP contribution in [-0.2, 0) is 14.3 Å². The number of aromatic nitrogens is 2. The molecule has 1 rings (SSSR count). The molecule has 1 N–H and O–H groups in total. The number of carboxylic acid groups (broad SMARTS) is 1. The first kappa shape index (κ1) is 27.1. The second kappa shape index (κ2) is 11.6. The van der Waals surface area contributed by atoms with E-state index in [1.807, 2.05) is 13.8 Å². The molecule has 0 saturated carbocycles. The summed E-state index contributed by atoms with van der Waals surface area (Å²) in [5, 5.41) is 9.71. The van der Waals surface area contributed by atoms with Crippen LogP contribution in [0.2, 0.25) is 0 Å². The maximum absolute atomic E-state index is 13.3. The number of amides is 2. The summed E-state index contributed by atoms with van der Waals surface area (Å²) in [4.78, 5) is 48.2. The van der Waals surface area contributed by atoms with Crippen LogP contribution in [0, 0.1) is 12.8 Å². The Morgan fingerprint density at radius 3 is 2.16 bits per heavy atom. The van der Waals surface area contributed by atoms with E-state index >= 15 is 0 Å². The number of carboxylic acids is 1. The normalized spacial score (nSPS) is 13.3. The first-order valence-corrected chi connectivity index (χ1v) is 10.6. The molecule has 0 aliphatic carbocycles. The minimum absolute atomic E-state index is 0.0308. The van der Waals surface area contributed by atoms with E-state index < -0.39 is 35.7 Å². The van der Waals surface area contributed by atoms with Gasteiger partial charge in [-0.25, -0.2) is 14.6 Å². The molecule has 0 radical (unpaired) electrons. The van der Waals surface area contributed by atoms with E-state index in [2.05, 4.69) is 9.97 Å². The summed E-state index contributed by atoms with van der Waals surface area (Å²) in [6.45, 7) is 10.9. The fourth-order valence-electron chi connectivity index (χ4n) is 2.93. The number of carbonyl (C=O) groups excluding carboxylic acids is 2. The van der Waals surface area contributed by atoms with Gasteiger partial charge >= 0.3 is 12.1 Å². The number of rotatable bonds is 10. The lowest BCUT2D eigenvalue weighted by atomic mass is 10.0. The Morgan fingerprint density at radius 2 is 1.69 bits per heavy atom. The molecule has 32 heavy (non-hydrogen) atoms. The molecule has 1 aromatic heterocycles. The van der Waals surface area contributed by atoms with Gasteiger partial charge in [0.25, 0.3) is 0 Å². The van der Waals surface area contributed by atoms with E-state index in [1.54, 1.807) is 33.9 Å². The molecule has 0 bridgehead atoms. The minimum atomic E-state index is -1.16. The zero-order chi connectivity index (χ0) is 24.6. The first-order chi connectivity index (χ1) is 14.7. The summed E-state index contributed by atoms with van der Waals surface area (Å²) in [6.07, 6.45) is 2.76. The minimum Gasteiger partial charge on any atom is -0.480 e. The molecule has 10 heteroatoms. The van der Waals surface area contributed by atoms with Crippen molar-refractivity contribution in [2.45, 2.75) is 72.1 Å². The highest BCUT2D eigenvalue weighted by Crippen LogP contribution is 2.19. The van der Waals surface area contributed by atoms with Crippen molar-refractivity contribution in [3.05, 3.63) is 18.1 Å². The van der Waals surface area contributed by atoms with Crippen molar-refractivity contribution < 1.29 is 29.0 Å². The summed E-state index contributed by atoms with van der Waals surface area (Å²) in [5.41, 5.74) is 0.0130. The van der Waals surface area contributed by atoms with Crippen LogP contribution in [0.1, 0.15) is 53.2 Å². The van der Waals surface area contributed by atoms with Crippen LogP contribution in [-0.4, -0.2) is 81.2 Å². The van der Waals surface area contributed by atoms with Gasteiger partial charge in [-0.05, 0) is 40.0 Å². The summed E-state index contributed by atoms with van der Waals surface area (Å²) < 4.78 is 10.9. The van der Waals surface area contributed by atoms with Crippen LogP contribution < -0.4 is 4.74 Å². The number of hydrogen-bond donors (Lipinski definition) is 1. The number of carbonyl (C=O) groups is 3. The Morgan fingerprint density at radius 1 is 1.06 bits per heavy atom. The zero-order valence-electron chi connectivity index (χ0n) is 20.3. The highest BCUT2D eigenvalue weighted by atomic mass is 16.6. The molecule has 2 amide bonds. The molecule has 1 heterocycles. The summed E-state index contributed by atoms with van der Waals surface area (Å²) >= 11 is 0. The zero-order valence-corrected chi connectivity index (χ0v) is 20.3. The average molecular weight is 453 g/mol. The van der Waals surface area contributed by atoms with Crippen molar-refractivity contribution in [2.75, 3.05) is 20.7 Å². The van der Waals surface area contributed by atoms with E-state index in [1.165, 1.54) is 25.2 Å². The molecule has 180 valence electrons. The monoisotopic (exact) mass is 452 g/mol. The number of ether oxygens (including phenoxy) is 2. The Hall–Kier alpha value is -2.91. The molecule has 0 spiro atoms. The maximum atomic E-state index is 13.3. The molecule has 1 unspecified atom stereocenters. The summed E-state index contributed by atoms with van der Waals surface area (Å²) in [6, 6.07) is -2.00. The number of aryl methyl sites for hydroxylation is 1. The van der Waals surface area contributed by atoms with Crippen molar-refractivity contribution >= 4 is 18.0 Å². The van der Waals surface area contributed by atoms with E-state index in [0.717, 1.165) is 10.6 Å². The van der Waals surface area contributed by atoms with Gasteiger partial charge in [-0.1, -0.05) is 13.8 Å². The van der Waals surface area contributed by atoms with Crippen molar-refractivity contribution in [1.29, 1.82) is 0 Å². The number of hydrogen-bond acceptors (Lipinski definition) is 7. The van der Waals surface area contributed by atoms with E-state index in [0.29, 0.717) is 6.42 Å². The summed E-state index contributed by atoms with van der Waals surface area (Å²) in [7, 11) is 2.91. The van der Waals surface area contributed by atoms with Gasteiger partial charge in [0.15, 0.2) is 0 Å². The fraction of sp³-hybridized carbons (Fsp3) is 0.682. The van der Waals surface area contributed by atoms with Crippen LogP contribution in [0.25, 0.3) is 0 Å². The molecular formula is C22H36N4O6. The van der Waals surface area contributed by atoms with Crippen LogP contribution in [0.15, 0.2) is 12.4 Å². The average Bonchev–Trinajstić information content (AvgIpc) is 2.67. The lowest BCUT2D eigenvalue weighted by molar-refractivity contribution is -0.151. The van der Waals surface area contributed by atoms with Gasteiger partial charge in [-0.3, -0.25) is 14.7 Å². The van der Waals surface area contributed by atoms with Gasteiger partial charge in [0.2, 0.25) is 11.8 Å². The molecule has 10 nitrogen and oxygen atoms in total. The highest BCUT2D eigenvalue weighted by molar-refractivity contribution is 5.89. The number of aliphatic carboxylic acids is 1.